The summed E-state index contributed by atoms with van der Waals surface area (Å²) < 4.78 is 5.85. The molecule has 0 aliphatic carbocycles. The fraction of sp³-hybridized carbons (Fsp3) is 0.441. The normalized spacial score (nSPS) is 17.7. The minimum absolute atomic E-state index is 0.0151. The second-order valence-corrected chi connectivity index (χ2v) is 12.8. The molecule has 1 saturated heterocycles. The van der Waals surface area contributed by atoms with E-state index in [2.05, 4.69) is 66.0 Å². The van der Waals surface area contributed by atoms with Gasteiger partial charge >= 0.3 is 6.09 Å². The highest BCUT2D eigenvalue weighted by molar-refractivity contribution is 5.84. The van der Waals surface area contributed by atoms with E-state index in [4.69, 9.17) is 9.72 Å². The van der Waals surface area contributed by atoms with Gasteiger partial charge in [0.1, 0.15) is 11.2 Å². The molecular formula is C34H41N5O2. The number of aromatic amines is 1. The molecule has 4 aromatic rings. The number of aromatic nitrogens is 3. The van der Waals surface area contributed by atoms with Crippen LogP contribution in [0, 0.1) is 20.8 Å². The maximum atomic E-state index is 13.3. The molecule has 2 aliphatic heterocycles. The highest BCUT2D eigenvalue weighted by Crippen LogP contribution is 2.40. The molecule has 0 unspecified atom stereocenters. The summed E-state index contributed by atoms with van der Waals surface area (Å²) in [5, 5.41) is 1.14. The van der Waals surface area contributed by atoms with E-state index in [-0.39, 0.29) is 12.1 Å². The smallest absolute Gasteiger partial charge is 0.410 e. The van der Waals surface area contributed by atoms with Gasteiger partial charge in [0.25, 0.3) is 0 Å². The number of aryl methyl sites for hydroxylation is 3. The number of nitrogens with zero attached hydrogens (tertiary/aromatic N) is 4. The van der Waals surface area contributed by atoms with Gasteiger partial charge < -0.3 is 14.6 Å². The molecule has 0 bridgehead atoms. The molecule has 1 atom stereocenters. The summed E-state index contributed by atoms with van der Waals surface area (Å²) >= 11 is 0. The number of nitrogens with one attached hydrogen (secondary N) is 1. The minimum atomic E-state index is -0.523. The number of pyridine rings is 2. The highest BCUT2D eigenvalue weighted by atomic mass is 16.6. The molecule has 1 aromatic carbocycles. The van der Waals surface area contributed by atoms with Crippen molar-refractivity contribution in [2.75, 3.05) is 13.1 Å². The lowest BCUT2D eigenvalue weighted by Gasteiger charge is -2.34. The third kappa shape index (κ3) is 5.73. The Morgan fingerprint density at radius 3 is 2.59 bits per heavy atom. The van der Waals surface area contributed by atoms with Crippen LogP contribution in [0.25, 0.3) is 22.2 Å². The topological polar surface area (TPSA) is 74.4 Å². The molecule has 1 amide bonds. The zero-order chi connectivity index (χ0) is 28.9. The number of ether oxygens (including phenoxy) is 1. The maximum Gasteiger partial charge on any atom is 0.410 e. The number of carbonyl (C=O) groups is 1. The van der Waals surface area contributed by atoms with Crippen LogP contribution in [0.3, 0.4) is 0 Å². The Bertz CT molecular complexity index is 1600. The number of likely N-dealkylation sites (tertiary alicyclic amines) is 1. The van der Waals surface area contributed by atoms with Crippen LogP contribution in [0.4, 0.5) is 4.79 Å². The van der Waals surface area contributed by atoms with Crippen LogP contribution in [0.1, 0.15) is 78.9 Å². The molecule has 7 nitrogen and oxygen atoms in total. The number of hydrogen-bond acceptors (Lipinski definition) is 5. The van der Waals surface area contributed by atoms with Crippen LogP contribution in [0.5, 0.6) is 0 Å². The standard InChI is InChI=1S/C34H41N5O2/c1-21-17-35-32-29(21)16-26(18-36-32)25-14-27-20-38(19-24-12-22(2)37-23(3)13-24)11-9-28(27)30(15-25)31-8-7-10-39(31)33(40)41-34(4,5)6/h12-18,31H,7-11,19-20H2,1-6H3,(H,35,36)/t31-/m0/s1. The van der Waals surface area contributed by atoms with E-state index < -0.39 is 5.60 Å². The average Bonchev–Trinajstić information content (AvgIpc) is 3.53. The first kappa shape index (κ1) is 27.5. The van der Waals surface area contributed by atoms with Gasteiger partial charge in [0, 0.05) is 60.9 Å². The quantitative estimate of drug-likeness (QED) is 0.291. The first-order valence-corrected chi connectivity index (χ1v) is 14.8. The van der Waals surface area contributed by atoms with Crippen molar-refractivity contribution >= 4 is 17.1 Å². The predicted molar refractivity (Wildman–Crippen MR) is 163 cm³/mol. The molecule has 1 fully saturated rings. The number of H-pyrrole nitrogens is 1. The van der Waals surface area contributed by atoms with Gasteiger partial charge in [-0.05, 0) is 125 Å². The Labute approximate surface area is 242 Å². The maximum absolute atomic E-state index is 13.3. The van der Waals surface area contributed by atoms with E-state index in [9.17, 15) is 4.79 Å². The molecule has 214 valence electrons. The summed E-state index contributed by atoms with van der Waals surface area (Å²) in [4.78, 5) is 30.4. The molecule has 0 spiro atoms. The van der Waals surface area contributed by atoms with E-state index in [1.807, 2.05) is 38.1 Å². The molecule has 1 N–H and O–H groups in total. The van der Waals surface area contributed by atoms with Gasteiger partial charge in [-0.15, -0.1) is 0 Å². The second-order valence-electron chi connectivity index (χ2n) is 12.8. The van der Waals surface area contributed by atoms with Gasteiger partial charge in [-0.3, -0.25) is 9.88 Å². The number of rotatable bonds is 4. The molecule has 0 saturated carbocycles. The van der Waals surface area contributed by atoms with E-state index in [1.165, 1.54) is 27.8 Å². The van der Waals surface area contributed by atoms with Crippen LogP contribution in [-0.4, -0.2) is 49.5 Å². The Kier molecular flexibility index (Phi) is 7.10. The van der Waals surface area contributed by atoms with Crippen molar-refractivity contribution < 1.29 is 9.53 Å². The summed E-state index contributed by atoms with van der Waals surface area (Å²) in [6, 6.07) is 11.3. The van der Waals surface area contributed by atoms with E-state index in [0.717, 1.165) is 79.0 Å². The Balaban J connectivity index is 1.40. The largest absolute Gasteiger partial charge is 0.444 e. The van der Waals surface area contributed by atoms with Crippen molar-refractivity contribution in [2.24, 2.45) is 0 Å². The van der Waals surface area contributed by atoms with Crippen LogP contribution < -0.4 is 0 Å². The fourth-order valence-electron chi connectivity index (χ4n) is 6.58. The monoisotopic (exact) mass is 551 g/mol. The third-order valence-corrected chi connectivity index (χ3v) is 8.31. The van der Waals surface area contributed by atoms with Crippen molar-refractivity contribution in [2.45, 2.75) is 85.5 Å². The summed E-state index contributed by atoms with van der Waals surface area (Å²) in [5.41, 5.74) is 11.3. The average molecular weight is 552 g/mol. The van der Waals surface area contributed by atoms with Crippen molar-refractivity contribution in [3.8, 4) is 11.1 Å². The van der Waals surface area contributed by atoms with Crippen LogP contribution >= 0.6 is 0 Å². The van der Waals surface area contributed by atoms with Crippen LogP contribution in [-0.2, 0) is 24.2 Å². The van der Waals surface area contributed by atoms with Gasteiger partial charge in [0.05, 0.1) is 6.04 Å². The van der Waals surface area contributed by atoms with Gasteiger partial charge in [0.2, 0.25) is 0 Å². The zero-order valence-corrected chi connectivity index (χ0v) is 25.2. The third-order valence-electron chi connectivity index (χ3n) is 8.31. The zero-order valence-electron chi connectivity index (χ0n) is 25.2. The first-order chi connectivity index (χ1) is 19.5. The highest BCUT2D eigenvalue weighted by Gasteiger charge is 2.36. The van der Waals surface area contributed by atoms with Gasteiger partial charge in [0.15, 0.2) is 0 Å². The van der Waals surface area contributed by atoms with Gasteiger partial charge in [-0.1, -0.05) is 0 Å². The minimum Gasteiger partial charge on any atom is -0.444 e. The van der Waals surface area contributed by atoms with Gasteiger partial charge in [-0.2, -0.15) is 0 Å². The molecule has 3 aromatic heterocycles. The lowest BCUT2D eigenvalue weighted by atomic mass is 9.86. The number of fused-ring (bicyclic) bond motifs is 2. The van der Waals surface area contributed by atoms with Crippen molar-refractivity contribution in [1.29, 1.82) is 0 Å². The molecule has 5 heterocycles. The molecule has 6 rings (SSSR count). The Morgan fingerprint density at radius 2 is 1.83 bits per heavy atom. The molecule has 7 heteroatoms. The van der Waals surface area contributed by atoms with Crippen molar-refractivity contribution in [3.63, 3.8) is 0 Å². The molecule has 0 radical (unpaired) electrons. The summed E-state index contributed by atoms with van der Waals surface area (Å²) in [6.45, 7) is 15.5. The van der Waals surface area contributed by atoms with E-state index >= 15 is 0 Å². The van der Waals surface area contributed by atoms with Crippen LogP contribution in [0.15, 0.2) is 42.7 Å². The number of amides is 1. The van der Waals surface area contributed by atoms with Crippen molar-refractivity contribution in [3.05, 3.63) is 81.9 Å². The SMILES string of the molecule is Cc1cc(CN2CCc3c(cc(-c4cnc5[nH]cc(C)c5c4)cc3[C@@H]3CCCN3C(=O)OC(C)(C)C)C2)cc(C)n1. The fourth-order valence-corrected chi connectivity index (χ4v) is 6.58. The summed E-state index contributed by atoms with van der Waals surface area (Å²) in [7, 11) is 0. The van der Waals surface area contributed by atoms with Gasteiger partial charge in [-0.25, -0.2) is 9.78 Å². The number of hydrogen-bond donors (Lipinski definition) is 1. The Hall–Kier alpha value is -3.71. The molecule has 41 heavy (non-hydrogen) atoms. The Morgan fingerprint density at radius 1 is 1.05 bits per heavy atom. The summed E-state index contributed by atoms with van der Waals surface area (Å²) in [6.07, 6.45) is 6.64. The predicted octanol–water partition coefficient (Wildman–Crippen LogP) is 7.18. The number of carbonyl (C=O) groups excluding carboxylic acids is 1. The summed E-state index contributed by atoms with van der Waals surface area (Å²) in [5.74, 6) is 0. The van der Waals surface area contributed by atoms with Crippen molar-refractivity contribution in [1.82, 2.24) is 24.8 Å². The lowest BCUT2D eigenvalue weighted by molar-refractivity contribution is 0.0223. The second kappa shape index (κ2) is 10.6. The molecular weight excluding hydrogens is 510 g/mol. The van der Waals surface area contributed by atoms with E-state index in [0.29, 0.717) is 0 Å². The number of benzene rings is 1. The first-order valence-electron chi connectivity index (χ1n) is 14.8. The molecule has 2 aliphatic rings. The lowest BCUT2D eigenvalue weighted by Crippen LogP contribution is -2.37. The van der Waals surface area contributed by atoms with Crippen LogP contribution in [0.2, 0.25) is 0 Å². The van der Waals surface area contributed by atoms with E-state index in [1.54, 1.807) is 0 Å².